The van der Waals surface area contributed by atoms with Crippen LogP contribution in [0.3, 0.4) is 0 Å². The Bertz CT molecular complexity index is 1170. The third-order valence-electron chi connectivity index (χ3n) is 3.92. The van der Waals surface area contributed by atoms with E-state index in [2.05, 4.69) is 9.71 Å². The number of nitrogens with zero attached hydrogens (tertiary/aromatic N) is 1. The van der Waals surface area contributed by atoms with E-state index >= 15 is 0 Å². The minimum absolute atomic E-state index is 0.0396. The second-order valence-electron chi connectivity index (χ2n) is 5.88. The molecule has 5 N–H and O–H groups in total. The van der Waals surface area contributed by atoms with Crippen molar-refractivity contribution >= 4 is 38.2 Å². The Hall–Kier alpha value is -3.65. The van der Waals surface area contributed by atoms with Crippen LogP contribution in [0.4, 0.5) is 5.69 Å². The zero-order valence-electron chi connectivity index (χ0n) is 14.7. The Morgan fingerprint density at radius 1 is 0.929 bits per heavy atom. The van der Waals surface area contributed by atoms with Crippen molar-refractivity contribution in [1.29, 1.82) is 0 Å². The molecule has 3 aromatic carbocycles. The maximum Gasteiger partial charge on any atom is 0.285 e. The van der Waals surface area contributed by atoms with Gasteiger partial charge in [-0.15, -0.1) is 4.40 Å². The number of anilines is 1. The largest absolute Gasteiger partial charge is 0.369 e. The summed E-state index contributed by atoms with van der Waals surface area (Å²) < 4.78 is 27.0. The van der Waals surface area contributed by atoms with Gasteiger partial charge in [0.2, 0.25) is 5.96 Å². The summed E-state index contributed by atoms with van der Waals surface area (Å²) in [5, 5.41) is 4.81. The lowest BCUT2D eigenvalue weighted by molar-refractivity contribution is 0.104. The summed E-state index contributed by atoms with van der Waals surface area (Å²) in [5.74, 6) is -0.673. The number of allylic oxidation sites excluding steroid dienone is 1. The number of sulfonamides is 1. The second kappa shape index (κ2) is 7.93. The summed E-state index contributed by atoms with van der Waals surface area (Å²) in [5.41, 5.74) is 11.4. The van der Waals surface area contributed by atoms with Crippen molar-refractivity contribution in [2.75, 3.05) is 5.32 Å². The average Bonchev–Trinajstić information content (AvgIpc) is 2.67. The quantitative estimate of drug-likeness (QED) is 0.255. The summed E-state index contributed by atoms with van der Waals surface area (Å²) in [4.78, 5) is 12.5. The number of benzene rings is 3. The van der Waals surface area contributed by atoms with Gasteiger partial charge < -0.3 is 16.8 Å². The number of ketones is 1. The molecule has 0 fully saturated rings. The number of hydrogen-bond donors (Lipinski definition) is 3. The molecule has 0 aromatic heterocycles. The minimum atomic E-state index is -3.93. The Morgan fingerprint density at radius 2 is 1.61 bits per heavy atom. The SMILES string of the molecule is NC(N)=NS(=O)(=O)c1ccc(N/C=C\C(=O)c2cccc3ccccc23)cc1. The molecule has 142 valence electrons. The van der Waals surface area contributed by atoms with Gasteiger partial charge in [-0.2, -0.15) is 8.42 Å². The first-order valence-electron chi connectivity index (χ1n) is 8.28. The maximum absolute atomic E-state index is 12.5. The van der Waals surface area contributed by atoms with Crippen molar-refractivity contribution < 1.29 is 13.2 Å². The highest BCUT2D eigenvalue weighted by atomic mass is 32.2. The Balaban J connectivity index is 1.72. The number of fused-ring (bicyclic) bond motifs is 1. The number of nitrogens with one attached hydrogen (secondary N) is 1. The molecule has 0 heterocycles. The number of hydrogen-bond acceptors (Lipinski definition) is 4. The van der Waals surface area contributed by atoms with Crippen LogP contribution in [0.25, 0.3) is 10.8 Å². The molecule has 0 atom stereocenters. The van der Waals surface area contributed by atoms with Crippen LogP contribution < -0.4 is 16.8 Å². The summed E-state index contributed by atoms with van der Waals surface area (Å²) in [7, 11) is -3.93. The van der Waals surface area contributed by atoms with E-state index < -0.39 is 16.0 Å². The van der Waals surface area contributed by atoms with Crippen LogP contribution in [0.2, 0.25) is 0 Å². The molecular weight excluding hydrogens is 376 g/mol. The molecule has 0 bridgehead atoms. The lowest BCUT2D eigenvalue weighted by Crippen LogP contribution is -2.24. The van der Waals surface area contributed by atoms with Crippen LogP contribution in [-0.2, 0) is 10.0 Å². The molecule has 8 heteroatoms. The van der Waals surface area contributed by atoms with E-state index in [1.54, 1.807) is 18.2 Å². The molecule has 0 aliphatic carbocycles. The predicted molar refractivity (Wildman–Crippen MR) is 110 cm³/mol. The number of carbonyl (C=O) groups excluding carboxylic acids is 1. The van der Waals surface area contributed by atoms with Crippen LogP contribution in [-0.4, -0.2) is 20.2 Å². The Labute approximate surface area is 162 Å². The van der Waals surface area contributed by atoms with Gasteiger partial charge in [-0.25, -0.2) is 0 Å². The topological polar surface area (TPSA) is 128 Å². The zero-order valence-corrected chi connectivity index (χ0v) is 15.6. The van der Waals surface area contributed by atoms with Crippen LogP contribution in [0.15, 0.2) is 88.3 Å². The van der Waals surface area contributed by atoms with Crippen molar-refractivity contribution in [1.82, 2.24) is 0 Å². The highest BCUT2D eigenvalue weighted by Crippen LogP contribution is 2.19. The standard InChI is InChI=1S/C20H18N4O3S/c21-20(22)24-28(26,27)16-10-8-15(9-11-16)23-13-12-19(25)18-7-3-5-14-4-1-2-6-17(14)18/h1-13,23H,(H4,21,22,24)/b13-12-. The van der Waals surface area contributed by atoms with Gasteiger partial charge in [0.1, 0.15) is 0 Å². The summed E-state index contributed by atoms with van der Waals surface area (Å²) in [6.45, 7) is 0. The molecule has 0 aliphatic rings. The molecule has 7 nitrogen and oxygen atoms in total. The molecule has 0 saturated heterocycles. The van der Waals surface area contributed by atoms with Crippen LogP contribution in [0.1, 0.15) is 10.4 Å². The van der Waals surface area contributed by atoms with Crippen molar-refractivity contribution in [3.05, 3.63) is 84.6 Å². The minimum Gasteiger partial charge on any atom is -0.369 e. The van der Waals surface area contributed by atoms with Crippen molar-refractivity contribution in [3.8, 4) is 0 Å². The van der Waals surface area contributed by atoms with E-state index in [1.807, 2.05) is 36.4 Å². The molecule has 3 aromatic rings. The lowest BCUT2D eigenvalue weighted by atomic mass is 10.0. The van der Waals surface area contributed by atoms with Gasteiger partial charge in [0, 0.05) is 23.5 Å². The van der Waals surface area contributed by atoms with Crippen molar-refractivity contribution in [2.45, 2.75) is 4.90 Å². The highest BCUT2D eigenvalue weighted by molar-refractivity contribution is 7.90. The first-order valence-corrected chi connectivity index (χ1v) is 9.72. The number of carbonyl (C=O) groups is 1. The lowest BCUT2D eigenvalue weighted by Gasteiger charge is -2.04. The first kappa shape index (κ1) is 19.1. The fraction of sp³-hybridized carbons (Fsp3) is 0. The molecule has 0 spiro atoms. The van der Waals surface area contributed by atoms with Crippen LogP contribution >= 0.6 is 0 Å². The van der Waals surface area contributed by atoms with Gasteiger partial charge in [0.15, 0.2) is 5.78 Å². The van der Waals surface area contributed by atoms with E-state index in [9.17, 15) is 13.2 Å². The fourth-order valence-corrected chi connectivity index (χ4v) is 3.52. The zero-order chi connectivity index (χ0) is 20.1. The van der Waals surface area contributed by atoms with E-state index in [0.29, 0.717) is 11.3 Å². The van der Waals surface area contributed by atoms with Crippen molar-refractivity contribution in [3.63, 3.8) is 0 Å². The van der Waals surface area contributed by atoms with E-state index in [0.717, 1.165) is 10.8 Å². The van der Waals surface area contributed by atoms with Crippen LogP contribution in [0, 0.1) is 0 Å². The Morgan fingerprint density at radius 3 is 2.32 bits per heavy atom. The third kappa shape index (κ3) is 4.36. The molecule has 0 saturated carbocycles. The van der Waals surface area contributed by atoms with E-state index in [1.165, 1.54) is 24.4 Å². The van der Waals surface area contributed by atoms with Gasteiger partial charge in [-0.05, 0) is 35.0 Å². The second-order valence-corrected chi connectivity index (χ2v) is 7.49. The summed E-state index contributed by atoms with van der Waals surface area (Å²) >= 11 is 0. The van der Waals surface area contributed by atoms with E-state index in [4.69, 9.17) is 11.5 Å². The van der Waals surface area contributed by atoms with E-state index in [-0.39, 0.29) is 10.7 Å². The van der Waals surface area contributed by atoms with Gasteiger partial charge >= 0.3 is 0 Å². The smallest absolute Gasteiger partial charge is 0.285 e. The third-order valence-corrected chi connectivity index (χ3v) is 5.24. The number of guanidine groups is 1. The summed E-state index contributed by atoms with van der Waals surface area (Å²) in [6, 6.07) is 19.0. The summed E-state index contributed by atoms with van der Waals surface area (Å²) in [6.07, 6.45) is 2.93. The van der Waals surface area contributed by atoms with Crippen molar-refractivity contribution in [2.24, 2.45) is 15.9 Å². The number of rotatable bonds is 6. The van der Waals surface area contributed by atoms with Gasteiger partial charge in [0.25, 0.3) is 10.0 Å². The van der Waals surface area contributed by atoms with Gasteiger partial charge in [-0.3, -0.25) is 4.79 Å². The van der Waals surface area contributed by atoms with Gasteiger partial charge in [-0.1, -0.05) is 42.5 Å². The monoisotopic (exact) mass is 394 g/mol. The molecule has 0 unspecified atom stereocenters. The highest BCUT2D eigenvalue weighted by Gasteiger charge is 2.12. The Kier molecular flexibility index (Phi) is 5.42. The van der Waals surface area contributed by atoms with Crippen LogP contribution in [0.5, 0.6) is 0 Å². The van der Waals surface area contributed by atoms with Gasteiger partial charge in [0.05, 0.1) is 4.90 Å². The fourth-order valence-electron chi connectivity index (χ4n) is 2.66. The maximum atomic E-state index is 12.5. The number of nitrogens with two attached hydrogens (primary N) is 2. The normalized spacial score (nSPS) is 11.4. The molecule has 0 aliphatic heterocycles. The molecule has 0 radical (unpaired) electrons. The molecule has 28 heavy (non-hydrogen) atoms. The molecule has 3 rings (SSSR count). The molecular formula is C20H18N4O3S. The molecule has 0 amide bonds. The predicted octanol–water partition coefficient (Wildman–Crippen LogP) is 2.61. The first-order chi connectivity index (χ1) is 13.4. The average molecular weight is 394 g/mol.